The molecule has 0 fully saturated rings. The Morgan fingerprint density at radius 1 is 1.14 bits per heavy atom. The van der Waals surface area contributed by atoms with E-state index in [1.54, 1.807) is 6.92 Å². The average molecular weight is 322 g/mol. The minimum Gasteiger partial charge on any atom is -0.463 e. The van der Waals surface area contributed by atoms with Crippen molar-refractivity contribution < 1.29 is 36.6 Å². The van der Waals surface area contributed by atoms with Crippen LogP contribution in [0, 0.1) is 0 Å². The van der Waals surface area contributed by atoms with Crippen LogP contribution in [0.25, 0.3) is 5.57 Å². The van der Waals surface area contributed by atoms with Crippen LogP contribution in [0.4, 0.5) is 17.6 Å². The van der Waals surface area contributed by atoms with Crippen LogP contribution in [0.2, 0.25) is 0 Å². The molecule has 0 saturated heterocycles. The van der Waals surface area contributed by atoms with E-state index in [1.165, 1.54) is 13.0 Å². The summed E-state index contributed by atoms with van der Waals surface area (Å²) in [6.07, 6.45) is 1.15. The third-order valence-electron chi connectivity index (χ3n) is 2.45. The monoisotopic (exact) mass is 322 g/mol. The van der Waals surface area contributed by atoms with E-state index in [2.05, 4.69) is 9.47 Å². The molecule has 8 heteroatoms. The van der Waals surface area contributed by atoms with Gasteiger partial charge >= 0.3 is 19.2 Å². The highest BCUT2D eigenvalue weighted by Crippen LogP contribution is 2.33. The second kappa shape index (κ2) is 8.26. The van der Waals surface area contributed by atoms with E-state index in [-0.39, 0.29) is 6.61 Å². The quantitative estimate of drug-likeness (QED) is 0.434. The van der Waals surface area contributed by atoms with Crippen LogP contribution in [0.3, 0.4) is 0 Å². The molecule has 1 aromatic carbocycles. The first-order chi connectivity index (χ1) is 10.3. The fourth-order valence-corrected chi connectivity index (χ4v) is 1.58. The molecule has 0 amide bonds. The number of halogens is 4. The van der Waals surface area contributed by atoms with Crippen molar-refractivity contribution in [2.75, 3.05) is 6.61 Å². The lowest BCUT2D eigenvalue weighted by Gasteiger charge is -2.13. The van der Waals surface area contributed by atoms with Gasteiger partial charge in [-0.2, -0.15) is 17.6 Å². The van der Waals surface area contributed by atoms with Gasteiger partial charge in [0.05, 0.1) is 6.61 Å². The van der Waals surface area contributed by atoms with Gasteiger partial charge in [-0.05, 0) is 37.1 Å². The van der Waals surface area contributed by atoms with Gasteiger partial charge in [-0.3, -0.25) is 0 Å². The van der Waals surface area contributed by atoms with Crippen molar-refractivity contribution in [1.29, 1.82) is 0 Å². The van der Waals surface area contributed by atoms with Crippen LogP contribution in [-0.2, 0) is 9.53 Å². The van der Waals surface area contributed by atoms with E-state index in [9.17, 15) is 22.4 Å². The maximum absolute atomic E-state index is 12.3. The minimum atomic E-state index is -3.20. The van der Waals surface area contributed by atoms with Crippen molar-refractivity contribution in [3.63, 3.8) is 0 Å². The highest BCUT2D eigenvalue weighted by Gasteiger charge is 2.16. The molecule has 22 heavy (non-hydrogen) atoms. The SMILES string of the molecule is CCOC(=O)/C=C(/C)c1ccc(OC(F)F)c(OC(F)F)c1. The average Bonchev–Trinajstić information content (AvgIpc) is 2.39. The highest BCUT2D eigenvalue weighted by atomic mass is 19.3. The van der Waals surface area contributed by atoms with Crippen molar-refractivity contribution >= 4 is 11.5 Å². The molecule has 0 atom stereocenters. The zero-order chi connectivity index (χ0) is 16.7. The van der Waals surface area contributed by atoms with Crippen molar-refractivity contribution in [1.82, 2.24) is 0 Å². The van der Waals surface area contributed by atoms with Gasteiger partial charge in [0.1, 0.15) is 0 Å². The van der Waals surface area contributed by atoms with Gasteiger partial charge in [0.15, 0.2) is 11.5 Å². The number of benzene rings is 1. The summed E-state index contributed by atoms with van der Waals surface area (Å²) < 4.78 is 62.1. The predicted molar refractivity (Wildman–Crippen MR) is 70.0 cm³/mol. The van der Waals surface area contributed by atoms with E-state index in [0.29, 0.717) is 11.1 Å². The first-order valence-corrected chi connectivity index (χ1v) is 6.22. The second-order valence-electron chi connectivity index (χ2n) is 4.00. The summed E-state index contributed by atoms with van der Waals surface area (Å²) >= 11 is 0. The van der Waals surface area contributed by atoms with Crippen LogP contribution in [0.1, 0.15) is 19.4 Å². The van der Waals surface area contributed by atoms with Crippen LogP contribution < -0.4 is 9.47 Å². The van der Waals surface area contributed by atoms with Gasteiger partial charge in [-0.15, -0.1) is 0 Å². The van der Waals surface area contributed by atoms with Crippen LogP contribution >= 0.6 is 0 Å². The molecule has 0 radical (unpaired) electrons. The molecule has 0 heterocycles. The fourth-order valence-electron chi connectivity index (χ4n) is 1.58. The van der Waals surface area contributed by atoms with E-state index >= 15 is 0 Å². The molecule has 0 unspecified atom stereocenters. The summed E-state index contributed by atoms with van der Waals surface area (Å²) in [6.45, 7) is -3.03. The van der Waals surface area contributed by atoms with Gasteiger partial charge in [0.25, 0.3) is 0 Å². The molecule has 0 saturated carbocycles. The molecular formula is C14H14F4O4. The number of hydrogen-bond donors (Lipinski definition) is 0. The zero-order valence-corrected chi connectivity index (χ0v) is 11.8. The Bertz CT molecular complexity index is 544. The molecule has 1 rings (SSSR count). The summed E-state index contributed by atoms with van der Waals surface area (Å²) in [4.78, 5) is 11.3. The van der Waals surface area contributed by atoms with Crippen molar-refractivity contribution in [3.05, 3.63) is 29.8 Å². The standard InChI is InChI=1S/C14H14F4O4/c1-3-20-12(19)6-8(2)9-4-5-10(21-13(15)16)11(7-9)22-14(17)18/h4-7,13-14H,3H2,1-2H3/b8-6-. The summed E-state index contributed by atoms with van der Waals surface area (Å²) in [6, 6.07) is 3.47. The number of esters is 1. The third-order valence-corrected chi connectivity index (χ3v) is 2.45. The van der Waals surface area contributed by atoms with Gasteiger partial charge in [0.2, 0.25) is 0 Å². The van der Waals surface area contributed by atoms with E-state index in [1.807, 2.05) is 0 Å². The number of allylic oxidation sites excluding steroid dienone is 1. The van der Waals surface area contributed by atoms with Gasteiger partial charge < -0.3 is 14.2 Å². The Hall–Kier alpha value is -2.25. The lowest BCUT2D eigenvalue weighted by atomic mass is 10.1. The maximum atomic E-state index is 12.3. The summed E-state index contributed by atoms with van der Waals surface area (Å²) in [7, 11) is 0. The number of carbonyl (C=O) groups is 1. The first-order valence-electron chi connectivity index (χ1n) is 6.22. The van der Waals surface area contributed by atoms with E-state index < -0.39 is 30.7 Å². The Balaban J connectivity index is 3.09. The number of rotatable bonds is 7. The Morgan fingerprint density at radius 2 is 1.73 bits per heavy atom. The second-order valence-corrected chi connectivity index (χ2v) is 4.00. The van der Waals surface area contributed by atoms with E-state index in [4.69, 9.17) is 4.74 Å². The lowest BCUT2D eigenvalue weighted by molar-refractivity contribution is -0.137. The summed E-state index contributed by atoms with van der Waals surface area (Å²) in [5.74, 6) is -1.68. The molecular weight excluding hydrogens is 308 g/mol. The van der Waals surface area contributed by atoms with Crippen LogP contribution in [0.15, 0.2) is 24.3 Å². The number of ether oxygens (including phenoxy) is 3. The van der Waals surface area contributed by atoms with E-state index in [0.717, 1.165) is 18.2 Å². The molecule has 122 valence electrons. The number of hydrogen-bond acceptors (Lipinski definition) is 4. The Labute approximate surface area is 124 Å². The number of carbonyl (C=O) groups excluding carboxylic acids is 1. The van der Waals surface area contributed by atoms with Gasteiger partial charge in [0, 0.05) is 6.08 Å². The summed E-state index contributed by atoms with van der Waals surface area (Å²) in [5.41, 5.74) is 0.714. The number of alkyl halides is 4. The topological polar surface area (TPSA) is 44.8 Å². The maximum Gasteiger partial charge on any atom is 0.387 e. The normalized spacial score (nSPS) is 11.7. The van der Waals surface area contributed by atoms with Crippen molar-refractivity contribution in [3.8, 4) is 11.5 Å². The molecule has 0 aliphatic heterocycles. The molecule has 0 aliphatic rings. The van der Waals surface area contributed by atoms with Crippen molar-refractivity contribution in [2.24, 2.45) is 0 Å². The molecule has 0 aromatic heterocycles. The predicted octanol–water partition coefficient (Wildman–Crippen LogP) is 3.86. The molecule has 0 spiro atoms. The smallest absolute Gasteiger partial charge is 0.387 e. The molecule has 1 aromatic rings. The first kappa shape index (κ1) is 17.8. The zero-order valence-electron chi connectivity index (χ0n) is 11.8. The molecule has 0 N–H and O–H groups in total. The highest BCUT2D eigenvalue weighted by molar-refractivity contribution is 5.91. The minimum absolute atomic E-state index is 0.184. The fraction of sp³-hybridized carbons (Fsp3) is 0.357. The third kappa shape index (κ3) is 5.63. The van der Waals surface area contributed by atoms with Gasteiger partial charge in [-0.1, -0.05) is 6.07 Å². The van der Waals surface area contributed by atoms with Crippen LogP contribution in [0.5, 0.6) is 11.5 Å². The lowest BCUT2D eigenvalue weighted by Crippen LogP contribution is -2.08. The summed E-state index contributed by atoms with van der Waals surface area (Å²) in [5, 5.41) is 0. The van der Waals surface area contributed by atoms with Gasteiger partial charge in [-0.25, -0.2) is 4.79 Å². The van der Waals surface area contributed by atoms with Crippen molar-refractivity contribution in [2.45, 2.75) is 27.1 Å². The Morgan fingerprint density at radius 3 is 2.27 bits per heavy atom. The molecule has 0 bridgehead atoms. The largest absolute Gasteiger partial charge is 0.463 e. The molecule has 4 nitrogen and oxygen atoms in total. The van der Waals surface area contributed by atoms with Crippen LogP contribution in [-0.4, -0.2) is 25.8 Å². The Kier molecular flexibility index (Phi) is 6.68. The molecule has 0 aliphatic carbocycles.